The molecule has 0 bridgehead atoms. The number of benzene rings is 1. The molecule has 1 aromatic heterocycles. The normalized spacial score (nSPS) is 12.1. The molecule has 0 aliphatic carbocycles. The molecule has 7 heteroatoms. The number of alkyl halides is 3. The molecule has 1 heterocycles. The van der Waals surface area contributed by atoms with Crippen LogP contribution in [-0.4, -0.2) is 29.3 Å². The molecule has 0 unspecified atom stereocenters. The Hall–Kier alpha value is -2.02. The molecular weight excluding hydrogens is 297 g/mol. The summed E-state index contributed by atoms with van der Waals surface area (Å²) in [6.45, 7) is 3.98. The van der Waals surface area contributed by atoms with Gasteiger partial charge >= 0.3 is 6.18 Å². The summed E-state index contributed by atoms with van der Waals surface area (Å²) in [4.78, 5) is 15.6. The molecule has 0 radical (unpaired) electrons. The fourth-order valence-electron chi connectivity index (χ4n) is 2.45. The van der Waals surface area contributed by atoms with E-state index in [0.717, 1.165) is 0 Å². The van der Waals surface area contributed by atoms with Crippen molar-refractivity contribution >= 4 is 16.6 Å². The third-order valence-corrected chi connectivity index (χ3v) is 3.43. The van der Waals surface area contributed by atoms with Crippen LogP contribution in [0.4, 0.5) is 18.9 Å². The summed E-state index contributed by atoms with van der Waals surface area (Å²) in [5.74, 6) is 0. The number of aromatic nitrogens is 1. The minimum Gasteiger partial charge on any atom is -0.395 e. The molecule has 2 rings (SSSR count). The zero-order valence-electron chi connectivity index (χ0n) is 12.2. The van der Waals surface area contributed by atoms with E-state index in [1.165, 1.54) is 12.1 Å². The molecule has 4 nitrogen and oxygen atoms in total. The molecule has 0 amide bonds. The molecule has 0 saturated carbocycles. The van der Waals surface area contributed by atoms with Crippen molar-refractivity contribution < 1.29 is 18.3 Å². The maximum Gasteiger partial charge on any atom is 0.417 e. The summed E-state index contributed by atoms with van der Waals surface area (Å²) in [6, 6.07) is 5.06. The largest absolute Gasteiger partial charge is 0.417 e. The predicted molar refractivity (Wildman–Crippen MR) is 79.1 cm³/mol. The lowest BCUT2D eigenvalue weighted by Gasteiger charge is -2.28. The summed E-state index contributed by atoms with van der Waals surface area (Å²) in [7, 11) is 0. The van der Waals surface area contributed by atoms with Crippen LogP contribution in [0, 0.1) is 0 Å². The molecule has 2 aromatic rings. The SMILES string of the molecule is CC(C)N(CCO)c1ccc2[nH]c(=O)cc(C(F)(F)F)c2c1. The van der Waals surface area contributed by atoms with Crippen LogP contribution >= 0.6 is 0 Å². The Labute approximate surface area is 125 Å². The number of rotatable bonds is 4. The van der Waals surface area contributed by atoms with Gasteiger partial charge in [-0.15, -0.1) is 0 Å². The number of aromatic amines is 1. The minimum absolute atomic E-state index is 0.0155. The van der Waals surface area contributed by atoms with Gasteiger partial charge in [-0.1, -0.05) is 0 Å². The van der Waals surface area contributed by atoms with Gasteiger partial charge in [0.25, 0.3) is 0 Å². The van der Waals surface area contributed by atoms with Gasteiger partial charge in [0.15, 0.2) is 0 Å². The molecule has 0 saturated heterocycles. The highest BCUT2D eigenvalue weighted by Gasteiger charge is 2.33. The van der Waals surface area contributed by atoms with E-state index < -0.39 is 17.3 Å². The van der Waals surface area contributed by atoms with Crippen LogP contribution in [0.3, 0.4) is 0 Å². The van der Waals surface area contributed by atoms with E-state index in [9.17, 15) is 18.0 Å². The average Bonchev–Trinajstić information content (AvgIpc) is 2.42. The van der Waals surface area contributed by atoms with Crippen molar-refractivity contribution in [3.63, 3.8) is 0 Å². The van der Waals surface area contributed by atoms with E-state index in [1.807, 2.05) is 13.8 Å². The Morgan fingerprint density at radius 2 is 1.95 bits per heavy atom. The third kappa shape index (κ3) is 3.24. The molecular formula is C15H17F3N2O2. The Morgan fingerprint density at radius 1 is 1.27 bits per heavy atom. The smallest absolute Gasteiger partial charge is 0.395 e. The van der Waals surface area contributed by atoms with Gasteiger partial charge in [0.1, 0.15) is 0 Å². The Kier molecular flexibility index (Phi) is 4.46. The van der Waals surface area contributed by atoms with E-state index in [2.05, 4.69) is 4.98 Å². The van der Waals surface area contributed by atoms with Crippen molar-refractivity contribution in [2.75, 3.05) is 18.1 Å². The van der Waals surface area contributed by atoms with Crippen LogP contribution in [-0.2, 0) is 6.18 Å². The van der Waals surface area contributed by atoms with Gasteiger partial charge in [-0.3, -0.25) is 4.79 Å². The van der Waals surface area contributed by atoms with Crippen LogP contribution in [0.15, 0.2) is 29.1 Å². The fourth-order valence-corrected chi connectivity index (χ4v) is 2.45. The highest BCUT2D eigenvalue weighted by Crippen LogP contribution is 2.34. The lowest BCUT2D eigenvalue weighted by molar-refractivity contribution is -0.136. The number of hydrogen-bond acceptors (Lipinski definition) is 3. The number of anilines is 1. The monoisotopic (exact) mass is 314 g/mol. The highest BCUT2D eigenvalue weighted by molar-refractivity contribution is 5.86. The van der Waals surface area contributed by atoms with Crippen molar-refractivity contribution in [3.05, 3.63) is 40.2 Å². The number of nitrogens with one attached hydrogen (secondary N) is 1. The molecule has 22 heavy (non-hydrogen) atoms. The molecule has 1 aromatic carbocycles. The van der Waals surface area contributed by atoms with Gasteiger partial charge in [-0.05, 0) is 32.0 Å². The van der Waals surface area contributed by atoms with Gasteiger partial charge in [0.05, 0.1) is 12.2 Å². The summed E-state index contributed by atoms with van der Waals surface area (Å²) in [5.41, 5.74) is -1.05. The molecule has 0 aliphatic rings. The van der Waals surface area contributed by atoms with Crippen molar-refractivity contribution in [1.82, 2.24) is 4.98 Å². The topological polar surface area (TPSA) is 56.3 Å². The standard InChI is InChI=1S/C15H17F3N2O2/c1-9(2)20(5-6-21)10-3-4-13-11(7-10)12(15(16,17)18)8-14(22)19-13/h3-4,7-9,21H,5-6H2,1-2H3,(H,19,22). The summed E-state index contributed by atoms with van der Waals surface area (Å²) in [6.07, 6.45) is -4.61. The number of fused-ring (bicyclic) bond motifs is 1. The summed E-state index contributed by atoms with van der Waals surface area (Å²) < 4.78 is 39.4. The maximum atomic E-state index is 13.1. The first kappa shape index (κ1) is 16.4. The zero-order valence-corrected chi connectivity index (χ0v) is 12.2. The maximum absolute atomic E-state index is 13.1. The second-order valence-corrected chi connectivity index (χ2v) is 5.29. The molecule has 0 fully saturated rings. The van der Waals surface area contributed by atoms with Crippen LogP contribution < -0.4 is 10.5 Å². The van der Waals surface area contributed by atoms with E-state index in [4.69, 9.17) is 5.11 Å². The molecule has 0 atom stereocenters. The number of aliphatic hydroxyl groups is 1. The molecule has 0 spiro atoms. The molecule has 120 valence electrons. The van der Waals surface area contributed by atoms with Gasteiger partial charge in [0, 0.05) is 35.2 Å². The number of pyridine rings is 1. The van der Waals surface area contributed by atoms with Gasteiger partial charge in [0.2, 0.25) is 5.56 Å². The van der Waals surface area contributed by atoms with Gasteiger partial charge in [-0.25, -0.2) is 0 Å². The second kappa shape index (κ2) is 6.00. The van der Waals surface area contributed by atoms with Crippen LogP contribution in [0.25, 0.3) is 10.9 Å². The predicted octanol–water partition coefficient (Wildman–Crippen LogP) is 2.75. The number of H-pyrrole nitrogens is 1. The third-order valence-electron chi connectivity index (χ3n) is 3.43. The van der Waals surface area contributed by atoms with Crippen molar-refractivity contribution in [1.29, 1.82) is 0 Å². The molecule has 0 aliphatic heterocycles. The van der Waals surface area contributed by atoms with Crippen LogP contribution in [0.2, 0.25) is 0 Å². The van der Waals surface area contributed by atoms with E-state index in [1.54, 1.807) is 11.0 Å². The van der Waals surface area contributed by atoms with Crippen LogP contribution in [0.5, 0.6) is 0 Å². The first-order valence-corrected chi connectivity index (χ1v) is 6.86. The number of halogens is 3. The van der Waals surface area contributed by atoms with Crippen LogP contribution in [0.1, 0.15) is 19.4 Å². The summed E-state index contributed by atoms with van der Waals surface area (Å²) >= 11 is 0. The van der Waals surface area contributed by atoms with E-state index in [-0.39, 0.29) is 23.6 Å². The van der Waals surface area contributed by atoms with Crippen molar-refractivity contribution in [3.8, 4) is 0 Å². The highest BCUT2D eigenvalue weighted by atomic mass is 19.4. The lowest BCUT2D eigenvalue weighted by atomic mass is 10.1. The van der Waals surface area contributed by atoms with Gasteiger partial charge in [-0.2, -0.15) is 13.2 Å². The van der Waals surface area contributed by atoms with E-state index in [0.29, 0.717) is 18.3 Å². The number of aliphatic hydroxyl groups excluding tert-OH is 1. The number of hydrogen-bond donors (Lipinski definition) is 2. The quantitative estimate of drug-likeness (QED) is 0.912. The molecule has 2 N–H and O–H groups in total. The number of nitrogens with zero attached hydrogens (tertiary/aromatic N) is 1. The summed E-state index contributed by atoms with van der Waals surface area (Å²) in [5, 5.41) is 9.05. The minimum atomic E-state index is -4.61. The second-order valence-electron chi connectivity index (χ2n) is 5.29. The Morgan fingerprint density at radius 3 is 2.50 bits per heavy atom. The Bertz CT molecular complexity index is 723. The lowest BCUT2D eigenvalue weighted by Crippen LogP contribution is -2.33. The van der Waals surface area contributed by atoms with Crippen molar-refractivity contribution in [2.24, 2.45) is 0 Å². The van der Waals surface area contributed by atoms with Crippen molar-refractivity contribution in [2.45, 2.75) is 26.1 Å². The first-order chi connectivity index (χ1) is 10.2. The van der Waals surface area contributed by atoms with Gasteiger partial charge < -0.3 is 15.0 Å². The van der Waals surface area contributed by atoms with E-state index >= 15 is 0 Å². The average molecular weight is 314 g/mol. The fraction of sp³-hybridized carbons (Fsp3) is 0.400. The Balaban J connectivity index is 2.67. The zero-order chi connectivity index (χ0) is 16.5. The first-order valence-electron chi connectivity index (χ1n) is 6.86.